The minimum atomic E-state index is 0.227. The van der Waals surface area contributed by atoms with Crippen molar-refractivity contribution in [1.82, 2.24) is 9.78 Å². The fraction of sp³-hybridized carbons (Fsp3) is 0.778. The summed E-state index contributed by atoms with van der Waals surface area (Å²) < 4.78 is 1.77. The Bertz CT molecular complexity index is 593. The molecule has 1 aromatic rings. The molecule has 0 aromatic carbocycles. The zero-order valence-corrected chi connectivity index (χ0v) is 13.5. The standard InChI is InChI=1S/C18H26N2O/c1-11-16-14(10-13-17(16)18(13,2)3)20(19-11)15(21)9-8-12-6-4-5-7-12/h12-13,17H,4-10H2,1-3H3. The molecule has 0 N–H and O–H groups in total. The Labute approximate surface area is 127 Å². The Balaban J connectivity index is 1.50. The maximum Gasteiger partial charge on any atom is 0.247 e. The van der Waals surface area contributed by atoms with Gasteiger partial charge in [0.1, 0.15) is 0 Å². The summed E-state index contributed by atoms with van der Waals surface area (Å²) >= 11 is 0. The number of carbonyl (C=O) groups excluding carboxylic acids is 1. The number of carbonyl (C=O) groups is 1. The molecule has 21 heavy (non-hydrogen) atoms. The van der Waals surface area contributed by atoms with Gasteiger partial charge in [0.2, 0.25) is 5.91 Å². The predicted molar refractivity (Wildman–Crippen MR) is 82.5 cm³/mol. The van der Waals surface area contributed by atoms with E-state index in [1.807, 2.05) is 0 Å². The van der Waals surface area contributed by atoms with Crippen molar-refractivity contribution >= 4 is 5.91 Å². The van der Waals surface area contributed by atoms with Gasteiger partial charge in [0.05, 0.1) is 11.4 Å². The second kappa shape index (κ2) is 4.44. The van der Waals surface area contributed by atoms with Crippen LogP contribution in [0, 0.1) is 24.2 Å². The van der Waals surface area contributed by atoms with Gasteiger partial charge in [0, 0.05) is 12.0 Å². The van der Waals surface area contributed by atoms with E-state index in [9.17, 15) is 4.79 Å². The first-order valence-electron chi connectivity index (χ1n) is 8.61. The first-order chi connectivity index (χ1) is 10.00. The predicted octanol–water partition coefficient (Wildman–Crippen LogP) is 4.10. The highest BCUT2D eigenvalue weighted by molar-refractivity contribution is 5.79. The Morgan fingerprint density at radius 2 is 2.05 bits per heavy atom. The van der Waals surface area contributed by atoms with Crippen LogP contribution in [0.4, 0.5) is 0 Å². The number of rotatable bonds is 3. The van der Waals surface area contributed by atoms with Crippen LogP contribution in [0.15, 0.2) is 0 Å². The summed E-state index contributed by atoms with van der Waals surface area (Å²) in [6.07, 6.45) is 8.15. The topological polar surface area (TPSA) is 34.9 Å². The van der Waals surface area contributed by atoms with Gasteiger partial charge >= 0.3 is 0 Å². The van der Waals surface area contributed by atoms with Crippen LogP contribution in [0.2, 0.25) is 0 Å². The number of aromatic nitrogens is 2. The Morgan fingerprint density at radius 1 is 1.33 bits per heavy atom. The Kier molecular flexibility index (Phi) is 2.86. The lowest BCUT2D eigenvalue weighted by Crippen LogP contribution is -2.17. The molecule has 3 heteroatoms. The molecule has 3 aliphatic carbocycles. The average Bonchev–Trinajstić information content (AvgIpc) is 2.97. The van der Waals surface area contributed by atoms with Gasteiger partial charge in [-0.1, -0.05) is 39.5 Å². The summed E-state index contributed by atoms with van der Waals surface area (Å²) in [6, 6.07) is 0. The minimum Gasteiger partial charge on any atom is -0.273 e. The minimum absolute atomic E-state index is 0.227. The van der Waals surface area contributed by atoms with Crippen LogP contribution in [-0.4, -0.2) is 15.7 Å². The lowest BCUT2D eigenvalue weighted by atomic mass is 9.98. The zero-order chi connectivity index (χ0) is 14.8. The van der Waals surface area contributed by atoms with E-state index in [1.54, 1.807) is 4.68 Å². The van der Waals surface area contributed by atoms with Crippen LogP contribution in [0.3, 0.4) is 0 Å². The number of aryl methyl sites for hydroxylation is 1. The van der Waals surface area contributed by atoms with Crippen LogP contribution in [0.5, 0.6) is 0 Å². The van der Waals surface area contributed by atoms with Crippen LogP contribution in [0.25, 0.3) is 0 Å². The van der Waals surface area contributed by atoms with E-state index in [4.69, 9.17) is 0 Å². The van der Waals surface area contributed by atoms with Gasteiger partial charge in [0.25, 0.3) is 0 Å². The second-order valence-electron chi connectivity index (χ2n) is 8.05. The van der Waals surface area contributed by atoms with Crippen LogP contribution in [-0.2, 0) is 6.42 Å². The van der Waals surface area contributed by atoms with E-state index in [-0.39, 0.29) is 5.91 Å². The van der Waals surface area contributed by atoms with Crippen molar-refractivity contribution in [2.75, 3.05) is 0 Å². The number of hydrogen-bond donors (Lipinski definition) is 0. The third kappa shape index (κ3) is 1.92. The maximum atomic E-state index is 12.6. The van der Waals surface area contributed by atoms with E-state index in [1.165, 1.54) is 36.9 Å². The fourth-order valence-corrected chi connectivity index (χ4v) is 5.03. The largest absolute Gasteiger partial charge is 0.273 e. The Morgan fingerprint density at radius 3 is 2.76 bits per heavy atom. The van der Waals surface area contributed by atoms with Crippen LogP contribution in [0.1, 0.15) is 80.0 Å². The van der Waals surface area contributed by atoms with Crippen molar-refractivity contribution in [3.8, 4) is 0 Å². The summed E-state index contributed by atoms with van der Waals surface area (Å²) in [5, 5.41) is 4.59. The van der Waals surface area contributed by atoms with Crippen molar-refractivity contribution in [3.63, 3.8) is 0 Å². The SMILES string of the molecule is Cc1nn(C(=O)CCC2CCCC2)c2c1C1C(C2)C1(C)C. The van der Waals surface area contributed by atoms with E-state index >= 15 is 0 Å². The molecule has 0 saturated heterocycles. The zero-order valence-electron chi connectivity index (χ0n) is 13.5. The smallest absolute Gasteiger partial charge is 0.247 e. The summed E-state index contributed by atoms with van der Waals surface area (Å²) in [5.41, 5.74) is 4.16. The molecule has 0 radical (unpaired) electrons. The first-order valence-corrected chi connectivity index (χ1v) is 8.61. The summed E-state index contributed by atoms with van der Waals surface area (Å²) in [6.45, 7) is 6.78. The summed E-state index contributed by atoms with van der Waals surface area (Å²) in [5.74, 6) is 2.42. The number of nitrogens with zero attached hydrogens (tertiary/aromatic N) is 2. The van der Waals surface area contributed by atoms with Gasteiger partial charge < -0.3 is 0 Å². The van der Waals surface area contributed by atoms with E-state index in [0.717, 1.165) is 30.4 Å². The molecule has 0 amide bonds. The highest BCUT2D eigenvalue weighted by atomic mass is 16.2. The third-order valence-corrected chi connectivity index (χ3v) is 6.46. The van der Waals surface area contributed by atoms with E-state index < -0.39 is 0 Å². The Hall–Kier alpha value is -1.12. The molecule has 0 spiro atoms. The van der Waals surface area contributed by atoms with Gasteiger partial charge in [-0.2, -0.15) is 5.10 Å². The molecule has 114 valence electrons. The van der Waals surface area contributed by atoms with Gasteiger partial charge in [-0.25, -0.2) is 4.68 Å². The maximum absolute atomic E-state index is 12.6. The highest BCUT2D eigenvalue weighted by Gasteiger charge is 2.64. The molecule has 0 aliphatic heterocycles. The average molecular weight is 286 g/mol. The van der Waals surface area contributed by atoms with Gasteiger partial charge in [0.15, 0.2) is 0 Å². The van der Waals surface area contributed by atoms with E-state index in [0.29, 0.717) is 17.8 Å². The normalized spacial score (nSPS) is 29.5. The molecule has 2 fully saturated rings. The van der Waals surface area contributed by atoms with Gasteiger partial charge in [-0.3, -0.25) is 4.79 Å². The molecule has 2 unspecified atom stereocenters. The van der Waals surface area contributed by atoms with Gasteiger partial charge in [-0.15, -0.1) is 0 Å². The number of fused-ring (bicyclic) bond motifs is 3. The summed E-state index contributed by atoms with van der Waals surface area (Å²) in [4.78, 5) is 12.6. The van der Waals surface area contributed by atoms with Crippen molar-refractivity contribution in [2.24, 2.45) is 17.3 Å². The van der Waals surface area contributed by atoms with Crippen molar-refractivity contribution in [3.05, 3.63) is 17.0 Å². The van der Waals surface area contributed by atoms with Gasteiger partial charge in [-0.05, 0) is 42.9 Å². The molecule has 0 bridgehead atoms. The third-order valence-electron chi connectivity index (χ3n) is 6.46. The molecule has 3 nitrogen and oxygen atoms in total. The molecular weight excluding hydrogens is 260 g/mol. The molecule has 2 saturated carbocycles. The highest BCUT2D eigenvalue weighted by Crippen LogP contribution is 2.70. The molecular formula is C18H26N2O. The lowest BCUT2D eigenvalue weighted by molar-refractivity contribution is 0.0873. The second-order valence-corrected chi connectivity index (χ2v) is 8.05. The summed E-state index contributed by atoms with van der Waals surface area (Å²) in [7, 11) is 0. The molecule has 2 atom stereocenters. The molecule has 1 heterocycles. The van der Waals surface area contributed by atoms with E-state index in [2.05, 4.69) is 25.9 Å². The van der Waals surface area contributed by atoms with Crippen molar-refractivity contribution < 1.29 is 4.79 Å². The van der Waals surface area contributed by atoms with Crippen molar-refractivity contribution in [2.45, 2.75) is 71.6 Å². The van der Waals surface area contributed by atoms with Crippen LogP contribution < -0.4 is 0 Å². The van der Waals surface area contributed by atoms with Crippen molar-refractivity contribution in [1.29, 1.82) is 0 Å². The fourth-order valence-electron chi connectivity index (χ4n) is 5.03. The lowest BCUT2D eigenvalue weighted by Gasteiger charge is -2.11. The number of hydrogen-bond acceptors (Lipinski definition) is 2. The quantitative estimate of drug-likeness (QED) is 0.838. The molecule has 4 rings (SSSR count). The molecule has 3 aliphatic rings. The molecule has 1 aromatic heterocycles. The first kappa shape index (κ1) is 13.5. The monoisotopic (exact) mass is 286 g/mol. The van der Waals surface area contributed by atoms with Crippen LogP contribution >= 0.6 is 0 Å².